The lowest BCUT2D eigenvalue weighted by Crippen LogP contribution is -2.51. The number of nitrogens with zero attached hydrogens (tertiary/aromatic N) is 2. The smallest absolute Gasteiger partial charge is 0.260 e. The van der Waals surface area contributed by atoms with Crippen molar-refractivity contribution in [3.8, 4) is 5.75 Å². The highest BCUT2D eigenvalue weighted by Gasteiger charge is 2.25. The van der Waals surface area contributed by atoms with E-state index in [4.69, 9.17) is 4.74 Å². The van der Waals surface area contributed by atoms with Crippen LogP contribution in [0.1, 0.15) is 21.5 Å². The third kappa shape index (κ3) is 4.23. The highest BCUT2D eigenvalue weighted by molar-refractivity contribution is 5.96. The predicted molar refractivity (Wildman–Crippen MR) is 100 cm³/mol. The standard InChI is InChI=1S/C21H24N2O3/c1-16-8-9-19(17(2)14-16)21(25)23-12-10-22(11-13-23)20(24)15-26-18-6-4-3-5-7-18/h3-9,14H,10-13,15H2,1-2H3. The van der Waals surface area contributed by atoms with Crippen molar-refractivity contribution in [2.75, 3.05) is 32.8 Å². The van der Waals surface area contributed by atoms with E-state index < -0.39 is 0 Å². The van der Waals surface area contributed by atoms with Crippen LogP contribution in [0.3, 0.4) is 0 Å². The number of carbonyl (C=O) groups is 2. The van der Waals surface area contributed by atoms with Gasteiger partial charge in [0.1, 0.15) is 5.75 Å². The molecule has 3 rings (SSSR count). The van der Waals surface area contributed by atoms with Gasteiger partial charge in [-0.1, -0.05) is 35.9 Å². The van der Waals surface area contributed by atoms with Gasteiger partial charge < -0.3 is 14.5 Å². The third-order valence-electron chi connectivity index (χ3n) is 4.64. The summed E-state index contributed by atoms with van der Waals surface area (Å²) >= 11 is 0. The third-order valence-corrected chi connectivity index (χ3v) is 4.64. The summed E-state index contributed by atoms with van der Waals surface area (Å²) < 4.78 is 5.52. The fourth-order valence-corrected chi connectivity index (χ4v) is 3.14. The van der Waals surface area contributed by atoms with Gasteiger partial charge in [0.05, 0.1) is 0 Å². The van der Waals surface area contributed by atoms with Crippen molar-refractivity contribution < 1.29 is 14.3 Å². The van der Waals surface area contributed by atoms with Gasteiger partial charge in [-0.3, -0.25) is 9.59 Å². The minimum Gasteiger partial charge on any atom is -0.484 e. The number of rotatable bonds is 4. The fourth-order valence-electron chi connectivity index (χ4n) is 3.14. The Labute approximate surface area is 154 Å². The quantitative estimate of drug-likeness (QED) is 0.850. The molecule has 0 aliphatic carbocycles. The molecule has 0 aromatic heterocycles. The number of para-hydroxylation sites is 1. The first kappa shape index (κ1) is 18.0. The molecule has 0 atom stereocenters. The molecular weight excluding hydrogens is 328 g/mol. The molecule has 0 unspecified atom stereocenters. The lowest BCUT2D eigenvalue weighted by Gasteiger charge is -2.35. The summed E-state index contributed by atoms with van der Waals surface area (Å²) in [7, 11) is 0. The molecule has 0 spiro atoms. The van der Waals surface area contributed by atoms with Crippen molar-refractivity contribution >= 4 is 11.8 Å². The molecule has 5 heteroatoms. The highest BCUT2D eigenvalue weighted by Crippen LogP contribution is 2.15. The van der Waals surface area contributed by atoms with Crippen LogP contribution in [-0.2, 0) is 4.79 Å². The lowest BCUT2D eigenvalue weighted by atomic mass is 10.0. The molecule has 26 heavy (non-hydrogen) atoms. The van der Waals surface area contributed by atoms with E-state index in [9.17, 15) is 9.59 Å². The van der Waals surface area contributed by atoms with Crippen molar-refractivity contribution in [2.45, 2.75) is 13.8 Å². The Bertz CT molecular complexity index is 781. The second-order valence-corrected chi connectivity index (χ2v) is 6.59. The molecule has 1 heterocycles. The summed E-state index contributed by atoms with van der Waals surface area (Å²) in [6.07, 6.45) is 0. The maximum atomic E-state index is 12.7. The van der Waals surface area contributed by atoms with Gasteiger partial charge in [-0.2, -0.15) is 0 Å². The van der Waals surface area contributed by atoms with Gasteiger partial charge in [-0.15, -0.1) is 0 Å². The zero-order chi connectivity index (χ0) is 18.5. The number of benzene rings is 2. The second kappa shape index (κ2) is 8.04. The van der Waals surface area contributed by atoms with Gasteiger partial charge in [0, 0.05) is 31.7 Å². The minimum absolute atomic E-state index is 0.0228. The molecular formula is C21H24N2O3. The van der Waals surface area contributed by atoms with Crippen LogP contribution >= 0.6 is 0 Å². The van der Waals surface area contributed by atoms with Crippen LogP contribution in [0.25, 0.3) is 0 Å². The maximum absolute atomic E-state index is 12.7. The van der Waals surface area contributed by atoms with Crippen molar-refractivity contribution in [1.82, 2.24) is 9.80 Å². The van der Waals surface area contributed by atoms with Gasteiger partial charge in [0.15, 0.2) is 6.61 Å². The Hall–Kier alpha value is -2.82. The van der Waals surface area contributed by atoms with E-state index in [-0.39, 0.29) is 18.4 Å². The normalized spacial score (nSPS) is 14.2. The second-order valence-electron chi connectivity index (χ2n) is 6.59. The molecule has 1 fully saturated rings. The summed E-state index contributed by atoms with van der Waals surface area (Å²) in [4.78, 5) is 28.6. The molecule has 1 aliphatic rings. The number of piperazine rings is 1. The van der Waals surface area contributed by atoms with E-state index >= 15 is 0 Å². The summed E-state index contributed by atoms with van der Waals surface area (Å²) in [5.41, 5.74) is 2.88. The summed E-state index contributed by atoms with van der Waals surface area (Å²) in [5.74, 6) is 0.673. The number of carbonyl (C=O) groups excluding carboxylic acids is 2. The van der Waals surface area contributed by atoms with Gasteiger partial charge in [0.25, 0.3) is 11.8 Å². The first-order valence-corrected chi connectivity index (χ1v) is 8.87. The van der Waals surface area contributed by atoms with E-state index in [1.54, 1.807) is 4.90 Å². The van der Waals surface area contributed by atoms with Crippen LogP contribution in [0, 0.1) is 13.8 Å². The number of ether oxygens (including phenoxy) is 1. The monoisotopic (exact) mass is 352 g/mol. The Morgan fingerprint density at radius 1 is 0.923 bits per heavy atom. The number of hydrogen-bond acceptors (Lipinski definition) is 3. The van der Waals surface area contributed by atoms with Gasteiger partial charge in [-0.25, -0.2) is 0 Å². The molecule has 1 saturated heterocycles. The number of amides is 2. The van der Waals surface area contributed by atoms with Gasteiger partial charge in [-0.05, 0) is 37.6 Å². The first-order valence-electron chi connectivity index (χ1n) is 8.87. The van der Waals surface area contributed by atoms with E-state index in [0.717, 1.165) is 16.7 Å². The van der Waals surface area contributed by atoms with Gasteiger partial charge >= 0.3 is 0 Å². The Kier molecular flexibility index (Phi) is 5.56. The zero-order valence-corrected chi connectivity index (χ0v) is 15.3. The average molecular weight is 352 g/mol. The van der Waals surface area contributed by atoms with Crippen LogP contribution < -0.4 is 4.74 Å². The van der Waals surface area contributed by atoms with Gasteiger partial charge in [0.2, 0.25) is 0 Å². The number of hydrogen-bond donors (Lipinski definition) is 0. The first-order chi connectivity index (χ1) is 12.5. The minimum atomic E-state index is -0.0486. The van der Waals surface area contributed by atoms with E-state index in [1.165, 1.54) is 0 Å². The van der Waals surface area contributed by atoms with Crippen LogP contribution in [0.2, 0.25) is 0 Å². The largest absolute Gasteiger partial charge is 0.484 e. The Balaban J connectivity index is 1.52. The predicted octanol–water partition coefficient (Wildman–Crippen LogP) is 2.67. The molecule has 2 amide bonds. The summed E-state index contributed by atoms with van der Waals surface area (Å²) in [5, 5.41) is 0. The molecule has 2 aromatic rings. The van der Waals surface area contributed by atoms with Crippen LogP contribution in [0.15, 0.2) is 48.5 Å². The van der Waals surface area contributed by atoms with E-state index in [1.807, 2.05) is 67.3 Å². The van der Waals surface area contributed by atoms with E-state index in [2.05, 4.69) is 0 Å². The van der Waals surface area contributed by atoms with Crippen molar-refractivity contribution in [3.05, 3.63) is 65.2 Å². The molecule has 136 valence electrons. The maximum Gasteiger partial charge on any atom is 0.260 e. The topological polar surface area (TPSA) is 49.9 Å². The van der Waals surface area contributed by atoms with Crippen LogP contribution in [0.4, 0.5) is 0 Å². The highest BCUT2D eigenvalue weighted by atomic mass is 16.5. The van der Waals surface area contributed by atoms with Crippen molar-refractivity contribution in [1.29, 1.82) is 0 Å². The molecule has 0 saturated carbocycles. The molecule has 1 aliphatic heterocycles. The Morgan fingerprint density at radius 2 is 1.58 bits per heavy atom. The Morgan fingerprint density at radius 3 is 2.23 bits per heavy atom. The number of aryl methyl sites for hydroxylation is 2. The van der Waals surface area contributed by atoms with E-state index in [0.29, 0.717) is 31.9 Å². The van der Waals surface area contributed by atoms with Crippen molar-refractivity contribution in [2.24, 2.45) is 0 Å². The molecule has 0 N–H and O–H groups in total. The summed E-state index contributed by atoms with van der Waals surface area (Å²) in [6, 6.07) is 15.2. The SMILES string of the molecule is Cc1ccc(C(=O)N2CCN(C(=O)COc3ccccc3)CC2)c(C)c1. The molecule has 0 bridgehead atoms. The molecule has 5 nitrogen and oxygen atoms in total. The van der Waals surface area contributed by atoms with Crippen LogP contribution in [0.5, 0.6) is 5.75 Å². The van der Waals surface area contributed by atoms with Crippen molar-refractivity contribution in [3.63, 3.8) is 0 Å². The molecule has 0 radical (unpaired) electrons. The fraction of sp³-hybridized carbons (Fsp3) is 0.333. The zero-order valence-electron chi connectivity index (χ0n) is 15.3. The van der Waals surface area contributed by atoms with Crippen LogP contribution in [-0.4, -0.2) is 54.4 Å². The molecule has 2 aromatic carbocycles. The lowest BCUT2D eigenvalue weighted by molar-refractivity contribution is -0.134. The average Bonchev–Trinajstić information content (AvgIpc) is 2.66. The summed E-state index contributed by atoms with van der Waals surface area (Å²) in [6.45, 7) is 6.16.